The Bertz CT molecular complexity index is 699. The zero-order valence-corrected chi connectivity index (χ0v) is 12.1. The van der Waals surface area contributed by atoms with Gasteiger partial charge in [-0.2, -0.15) is 0 Å². The van der Waals surface area contributed by atoms with Gasteiger partial charge in [-0.05, 0) is 35.7 Å². The minimum Gasteiger partial charge on any atom is -0.489 e. The van der Waals surface area contributed by atoms with E-state index in [2.05, 4.69) is 67.6 Å². The van der Waals surface area contributed by atoms with E-state index in [1.807, 2.05) is 18.2 Å². The summed E-state index contributed by atoms with van der Waals surface area (Å²) in [5.41, 5.74) is 4.84. The number of hydrogen-bond donors (Lipinski definition) is 0. The van der Waals surface area contributed by atoms with E-state index in [-0.39, 0.29) is 0 Å². The van der Waals surface area contributed by atoms with Crippen molar-refractivity contribution < 1.29 is 4.74 Å². The van der Waals surface area contributed by atoms with Crippen LogP contribution in [0.25, 0.3) is 11.1 Å². The lowest BCUT2D eigenvalue weighted by atomic mass is 10.1. The molecule has 0 aliphatic rings. The molecule has 104 valence electrons. The Hall–Kier alpha value is -2.54. The highest BCUT2D eigenvalue weighted by molar-refractivity contribution is 5.64. The molecule has 0 aliphatic carbocycles. The van der Waals surface area contributed by atoms with E-state index >= 15 is 0 Å². The molecule has 1 nitrogen and oxygen atoms in total. The molecule has 1 heteroatoms. The molecule has 3 rings (SSSR count). The Morgan fingerprint density at radius 2 is 1.43 bits per heavy atom. The second-order valence-electron chi connectivity index (χ2n) is 5.17. The second-order valence-corrected chi connectivity index (χ2v) is 5.17. The van der Waals surface area contributed by atoms with Gasteiger partial charge in [-0.1, -0.05) is 72.3 Å². The number of rotatable bonds is 4. The summed E-state index contributed by atoms with van der Waals surface area (Å²) in [4.78, 5) is 0. The van der Waals surface area contributed by atoms with Gasteiger partial charge >= 0.3 is 0 Å². The molecule has 0 N–H and O–H groups in total. The number of ether oxygens (including phenoxy) is 1. The van der Waals surface area contributed by atoms with Gasteiger partial charge < -0.3 is 4.74 Å². The van der Waals surface area contributed by atoms with E-state index in [9.17, 15) is 0 Å². The fourth-order valence-electron chi connectivity index (χ4n) is 2.25. The third-order valence-corrected chi connectivity index (χ3v) is 3.47. The molecule has 0 atom stereocenters. The average Bonchev–Trinajstić information content (AvgIpc) is 2.55. The van der Waals surface area contributed by atoms with Crippen LogP contribution in [0.4, 0.5) is 0 Å². The van der Waals surface area contributed by atoms with Crippen molar-refractivity contribution in [3.8, 4) is 16.9 Å². The summed E-state index contributed by atoms with van der Waals surface area (Å²) < 4.78 is 5.89. The molecule has 0 aromatic heterocycles. The van der Waals surface area contributed by atoms with Crippen LogP contribution >= 0.6 is 0 Å². The highest BCUT2D eigenvalue weighted by Gasteiger charge is 2.00. The lowest BCUT2D eigenvalue weighted by Gasteiger charge is -2.08. The summed E-state index contributed by atoms with van der Waals surface area (Å²) in [6, 6.07) is 27.0. The second kappa shape index (κ2) is 6.27. The quantitative estimate of drug-likeness (QED) is 0.632. The van der Waals surface area contributed by atoms with Crippen LogP contribution < -0.4 is 4.74 Å². The molecule has 0 fully saturated rings. The monoisotopic (exact) mass is 274 g/mol. The summed E-state index contributed by atoms with van der Waals surface area (Å²) in [5.74, 6) is 0.900. The molecule has 3 aromatic carbocycles. The van der Waals surface area contributed by atoms with Crippen LogP contribution in [-0.2, 0) is 6.61 Å². The topological polar surface area (TPSA) is 9.23 Å². The molecular formula is C20H18O. The zero-order valence-electron chi connectivity index (χ0n) is 12.1. The third-order valence-electron chi connectivity index (χ3n) is 3.47. The molecule has 0 bridgehead atoms. The molecule has 0 amide bonds. The van der Waals surface area contributed by atoms with Gasteiger partial charge in [0, 0.05) is 0 Å². The third kappa shape index (κ3) is 3.51. The normalized spacial score (nSPS) is 10.3. The van der Waals surface area contributed by atoms with Crippen LogP contribution in [0.15, 0.2) is 78.9 Å². The summed E-state index contributed by atoms with van der Waals surface area (Å²) in [6.45, 7) is 2.69. The summed E-state index contributed by atoms with van der Waals surface area (Å²) >= 11 is 0. The van der Waals surface area contributed by atoms with E-state index in [1.165, 1.54) is 22.3 Å². The minimum absolute atomic E-state index is 0.596. The summed E-state index contributed by atoms with van der Waals surface area (Å²) in [6.07, 6.45) is 0. The molecule has 0 saturated carbocycles. The van der Waals surface area contributed by atoms with Crippen molar-refractivity contribution in [2.75, 3.05) is 0 Å². The molecule has 0 saturated heterocycles. The van der Waals surface area contributed by atoms with Gasteiger partial charge in [-0.3, -0.25) is 0 Å². The van der Waals surface area contributed by atoms with Crippen LogP contribution in [0, 0.1) is 6.92 Å². The number of benzene rings is 3. The molecule has 0 aliphatic heterocycles. The zero-order chi connectivity index (χ0) is 14.5. The van der Waals surface area contributed by atoms with Crippen LogP contribution in [-0.4, -0.2) is 0 Å². The van der Waals surface area contributed by atoms with Crippen molar-refractivity contribution >= 4 is 0 Å². The maximum absolute atomic E-state index is 5.89. The smallest absolute Gasteiger partial charge is 0.120 e. The average molecular weight is 274 g/mol. The van der Waals surface area contributed by atoms with Crippen molar-refractivity contribution in [2.45, 2.75) is 13.5 Å². The van der Waals surface area contributed by atoms with Gasteiger partial charge in [0.05, 0.1) is 0 Å². The van der Waals surface area contributed by atoms with E-state index in [1.54, 1.807) is 0 Å². The lowest BCUT2D eigenvalue weighted by molar-refractivity contribution is 0.306. The van der Waals surface area contributed by atoms with Gasteiger partial charge in [0.15, 0.2) is 0 Å². The maximum Gasteiger partial charge on any atom is 0.120 e. The van der Waals surface area contributed by atoms with Gasteiger partial charge in [-0.15, -0.1) is 0 Å². The van der Waals surface area contributed by atoms with Crippen LogP contribution in [0.1, 0.15) is 11.1 Å². The van der Waals surface area contributed by atoms with Crippen LogP contribution in [0.2, 0.25) is 0 Å². The van der Waals surface area contributed by atoms with Crippen molar-refractivity contribution in [1.82, 2.24) is 0 Å². The van der Waals surface area contributed by atoms with Crippen LogP contribution in [0.5, 0.6) is 5.75 Å². The largest absolute Gasteiger partial charge is 0.489 e. The number of hydrogen-bond acceptors (Lipinski definition) is 1. The molecule has 0 unspecified atom stereocenters. The first kappa shape index (κ1) is 13.4. The molecule has 21 heavy (non-hydrogen) atoms. The Balaban J connectivity index is 1.73. The standard InChI is InChI=1S/C20H18O/c1-16-10-12-17(13-11-16)15-21-20-9-5-8-19(14-20)18-6-3-2-4-7-18/h2-14H,15H2,1H3. The highest BCUT2D eigenvalue weighted by Crippen LogP contribution is 2.24. The Kier molecular flexibility index (Phi) is 4.02. The van der Waals surface area contributed by atoms with E-state index in [0.717, 1.165) is 5.75 Å². The molecule has 0 heterocycles. The highest BCUT2D eigenvalue weighted by atomic mass is 16.5. The van der Waals surface area contributed by atoms with E-state index in [0.29, 0.717) is 6.61 Å². The molecule has 3 aromatic rings. The molecule has 0 radical (unpaired) electrons. The van der Waals surface area contributed by atoms with E-state index in [4.69, 9.17) is 4.74 Å². The van der Waals surface area contributed by atoms with Gasteiger partial charge in [-0.25, -0.2) is 0 Å². The fraction of sp³-hybridized carbons (Fsp3) is 0.100. The summed E-state index contributed by atoms with van der Waals surface area (Å²) in [7, 11) is 0. The lowest BCUT2D eigenvalue weighted by Crippen LogP contribution is -1.95. The van der Waals surface area contributed by atoms with Crippen molar-refractivity contribution in [3.05, 3.63) is 90.0 Å². The Morgan fingerprint density at radius 1 is 0.714 bits per heavy atom. The summed E-state index contributed by atoms with van der Waals surface area (Å²) in [5, 5.41) is 0. The van der Waals surface area contributed by atoms with Crippen molar-refractivity contribution in [2.24, 2.45) is 0 Å². The Labute approximate surface area is 125 Å². The predicted octanol–water partition coefficient (Wildman–Crippen LogP) is 5.24. The van der Waals surface area contributed by atoms with Crippen molar-refractivity contribution in [1.29, 1.82) is 0 Å². The minimum atomic E-state index is 0.596. The van der Waals surface area contributed by atoms with Gasteiger partial charge in [0.25, 0.3) is 0 Å². The van der Waals surface area contributed by atoms with Gasteiger partial charge in [0.1, 0.15) is 12.4 Å². The number of aryl methyl sites for hydroxylation is 1. The van der Waals surface area contributed by atoms with Crippen LogP contribution in [0.3, 0.4) is 0 Å². The van der Waals surface area contributed by atoms with Gasteiger partial charge in [0.2, 0.25) is 0 Å². The molecule has 0 spiro atoms. The fourth-order valence-corrected chi connectivity index (χ4v) is 2.25. The first-order valence-corrected chi connectivity index (χ1v) is 7.15. The van der Waals surface area contributed by atoms with Crippen molar-refractivity contribution in [3.63, 3.8) is 0 Å². The maximum atomic E-state index is 5.89. The first-order chi connectivity index (χ1) is 10.3. The first-order valence-electron chi connectivity index (χ1n) is 7.15. The SMILES string of the molecule is Cc1ccc(COc2cccc(-c3ccccc3)c2)cc1. The predicted molar refractivity (Wildman–Crippen MR) is 87.4 cm³/mol. The molecular weight excluding hydrogens is 256 g/mol. The van der Waals surface area contributed by atoms with E-state index < -0.39 is 0 Å². The Morgan fingerprint density at radius 3 is 2.19 bits per heavy atom.